The summed E-state index contributed by atoms with van der Waals surface area (Å²) in [4.78, 5) is 3.60. The van der Waals surface area contributed by atoms with E-state index >= 15 is 0 Å². The molecule has 0 bridgehead atoms. The van der Waals surface area contributed by atoms with Gasteiger partial charge in [0.25, 0.3) is 0 Å². The fourth-order valence-electron chi connectivity index (χ4n) is 3.80. The Morgan fingerprint density at radius 2 is 0.286 bits per heavy atom. The molecule has 0 amide bonds. The second kappa shape index (κ2) is 12.7. The molecule has 25 heteroatoms. The van der Waals surface area contributed by atoms with E-state index in [0.29, 0.717) is 0 Å². The number of hydrogen-bond donors (Lipinski definition) is 4. The van der Waals surface area contributed by atoms with Crippen LogP contribution in [0.4, 0.5) is 111 Å². The highest BCUT2D eigenvalue weighted by molar-refractivity contribution is 6.90. The van der Waals surface area contributed by atoms with E-state index in [1.54, 1.807) is 0 Å². The molecule has 49 heavy (non-hydrogen) atoms. The van der Waals surface area contributed by atoms with Crippen LogP contribution >= 0.6 is 0 Å². The largest absolute Gasteiger partial charge is 0.493 e. The van der Waals surface area contributed by atoms with Crippen LogP contribution in [0.5, 0.6) is 0 Å². The quantitative estimate of drug-likeness (QED) is 0.0630. The van der Waals surface area contributed by atoms with E-state index < -0.39 is 148 Å². The van der Waals surface area contributed by atoms with Gasteiger partial charge in [0.05, 0.1) is 0 Å². The van der Waals surface area contributed by atoms with Gasteiger partial charge in [-0.1, -0.05) is 0 Å². The van der Waals surface area contributed by atoms with Crippen molar-refractivity contribution in [2.75, 3.05) is 19.9 Å². The standard InChI is InChI=1S/C24H4F20N4Si/c25-1-5(29)13(37)21(14(38)6(1)30)45-49(46-22-15(39)7(31)2(26)8(32)16(22)40,47-23-17(41)9(33)3(27)10(34)18(23)42)48-24-19(43)11(35)4(28)12(36)20(24)44/h45-48H. The molecule has 4 aromatic carbocycles. The van der Waals surface area contributed by atoms with E-state index in [2.05, 4.69) is 0 Å². The Kier molecular flexibility index (Phi) is 9.54. The molecule has 0 aliphatic heterocycles. The molecule has 0 unspecified atom stereocenters. The zero-order chi connectivity index (χ0) is 37.2. The number of halogens is 20. The highest BCUT2D eigenvalue weighted by Crippen LogP contribution is 2.37. The Labute approximate surface area is 256 Å². The van der Waals surface area contributed by atoms with Crippen molar-refractivity contribution in [3.8, 4) is 0 Å². The maximum Gasteiger partial charge on any atom is 0.493 e. The van der Waals surface area contributed by atoms with E-state index in [1.165, 1.54) is 0 Å². The van der Waals surface area contributed by atoms with Gasteiger partial charge in [-0.25, -0.2) is 87.8 Å². The Morgan fingerprint density at radius 3 is 0.408 bits per heavy atom. The van der Waals surface area contributed by atoms with Gasteiger partial charge in [0.15, 0.2) is 93.1 Å². The summed E-state index contributed by atoms with van der Waals surface area (Å²) < 4.78 is 286. The summed E-state index contributed by atoms with van der Waals surface area (Å²) >= 11 is 0. The molecule has 0 aliphatic rings. The van der Waals surface area contributed by atoms with Crippen LogP contribution in [0.25, 0.3) is 0 Å². The third kappa shape index (κ3) is 5.83. The maximum absolute atomic E-state index is 14.8. The smallest absolute Gasteiger partial charge is 0.356 e. The Bertz CT molecular complexity index is 1650. The molecule has 0 heterocycles. The zero-order valence-electron chi connectivity index (χ0n) is 22.1. The number of nitrogens with one attached hydrogen (secondary N) is 4. The van der Waals surface area contributed by atoms with Gasteiger partial charge in [0, 0.05) is 0 Å². The van der Waals surface area contributed by atoms with Crippen LogP contribution in [-0.4, -0.2) is 8.72 Å². The Balaban J connectivity index is 2.21. The lowest BCUT2D eigenvalue weighted by Gasteiger charge is -2.36. The van der Waals surface area contributed by atoms with Gasteiger partial charge in [0.1, 0.15) is 22.7 Å². The minimum atomic E-state index is -7.01. The SMILES string of the molecule is Fc1c(F)c(F)c(N[Si](Nc2c(F)c(F)c(F)c(F)c2F)(Nc2c(F)c(F)c(F)c(F)c2F)Nc2c(F)c(F)c(F)c(F)c2F)c(F)c1F. The van der Waals surface area contributed by atoms with E-state index in [9.17, 15) is 87.8 Å². The summed E-state index contributed by atoms with van der Waals surface area (Å²) in [5, 5.41) is 0. The third-order valence-corrected chi connectivity index (χ3v) is 8.59. The monoisotopic (exact) mass is 756 g/mol. The molecule has 0 spiro atoms. The summed E-state index contributed by atoms with van der Waals surface area (Å²) in [7, 11) is -7.01. The lowest BCUT2D eigenvalue weighted by molar-refractivity contribution is 0.381. The molecule has 0 fully saturated rings. The minimum absolute atomic E-state index is 0.900. The molecular formula is C24H4F20N4Si. The van der Waals surface area contributed by atoms with Gasteiger partial charge < -0.3 is 19.9 Å². The van der Waals surface area contributed by atoms with Crippen molar-refractivity contribution in [3.63, 3.8) is 0 Å². The van der Waals surface area contributed by atoms with Crippen LogP contribution in [0.2, 0.25) is 0 Å². The first-order valence-corrected chi connectivity index (χ1v) is 13.8. The Morgan fingerprint density at radius 1 is 0.184 bits per heavy atom. The molecular weight excluding hydrogens is 752 g/mol. The summed E-state index contributed by atoms with van der Waals surface area (Å²) in [5.41, 5.74) is -10.6. The van der Waals surface area contributed by atoms with Crippen molar-refractivity contribution >= 4 is 31.5 Å². The molecule has 0 saturated carbocycles. The van der Waals surface area contributed by atoms with Gasteiger partial charge in [-0.15, -0.1) is 0 Å². The van der Waals surface area contributed by atoms with Gasteiger partial charge in [0.2, 0.25) is 23.3 Å². The molecule has 0 radical (unpaired) electrons. The number of anilines is 4. The first kappa shape index (κ1) is 36.7. The second-order valence-electron chi connectivity index (χ2n) is 9.03. The molecule has 0 aliphatic carbocycles. The first-order chi connectivity index (χ1) is 22.6. The van der Waals surface area contributed by atoms with Crippen molar-refractivity contribution in [2.45, 2.75) is 0 Å². The average molecular weight is 756 g/mol. The molecule has 4 rings (SSSR count). The fourth-order valence-corrected chi connectivity index (χ4v) is 6.55. The lowest BCUT2D eigenvalue weighted by atomic mass is 10.2. The van der Waals surface area contributed by atoms with E-state index in [1.807, 2.05) is 0 Å². The van der Waals surface area contributed by atoms with Gasteiger partial charge >= 0.3 is 8.72 Å². The maximum atomic E-state index is 14.8. The average Bonchev–Trinajstić information content (AvgIpc) is 3.08. The van der Waals surface area contributed by atoms with Crippen molar-refractivity contribution in [2.24, 2.45) is 0 Å². The molecule has 0 atom stereocenters. The zero-order valence-corrected chi connectivity index (χ0v) is 23.1. The molecule has 4 nitrogen and oxygen atoms in total. The van der Waals surface area contributed by atoms with Gasteiger partial charge in [-0.2, -0.15) is 0 Å². The molecule has 264 valence electrons. The van der Waals surface area contributed by atoms with E-state index in [-0.39, 0.29) is 0 Å². The first-order valence-electron chi connectivity index (χ1n) is 11.8. The molecule has 0 aromatic heterocycles. The molecule has 4 N–H and O–H groups in total. The number of benzene rings is 4. The van der Waals surface area contributed by atoms with Crippen molar-refractivity contribution in [1.29, 1.82) is 0 Å². The van der Waals surface area contributed by atoms with Crippen LogP contribution in [-0.2, 0) is 0 Å². The van der Waals surface area contributed by atoms with Crippen LogP contribution in [0.1, 0.15) is 0 Å². The third-order valence-electron chi connectivity index (χ3n) is 6.09. The highest BCUT2D eigenvalue weighted by atomic mass is 28.4. The van der Waals surface area contributed by atoms with Crippen LogP contribution in [0.3, 0.4) is 0 Å². The van der Waals surface area contributed by atoms with Crippen molar-refractivity contribution in [1.82, 2.24) is 0 Å². The van der Waals surface area contributed by atoms with E-state index in [0.717, 1.165) is 19.9 Å². The highest BCUT2D eigenvalue weighted by Gasteiger charge is 2.47. The van der Waals surface area contributed by atoms with E-state index in [4.69, 9.17) is 0 Å². The van der Waals surface area contributed by atoms with Crippen LogP contribution < -0.4 is 19.9 Å². The molecule has 4 aromatic rings. The van der Waals surface area contributed by atoms with Crippen molar-refractivity contribution < 1.29 is 87.8 Å². The minimum Gasteiger partial charge on any atom is -0.356 e. The lowest BCUT2D eigenvalue weighted by Crippen LogP contribution is -2.67. The fraction of sp³-hybridized carbons (Fsp3) is 0. The summed E-state index contributed by atoms with van der Waals surface area (Å²) in [6.07, 6.45) is 0. The number of rotatable bonds is 8. The summed E-state index contributed by atoms with van der Waals surface area (Å²) in [6, 6.07) is 0. The topological polar surface area (TPSA) is 48.1 Å². The predicted molar refractivity (Wildman–Crippen MR) is 125 cm³/mol. The second-order valence-corrected chi connectivity index (χ2v) is 11.5. The summed E-state index contributed by atoms with van der Waals surface area (Å²) in [5.74, 6) is -60.9. The summed E-state index contributed by atoms with van der Waals surface area (Å²) in [6.45, 7) is 0. The van der Waals surface area contributed by atoms with Crippen LogP contribution in [0, 0.1) is 116 Å². The molecule has 0 saturated heterocycles. The van der Waals surface area contributed by atoms with Gasteiger partial charge in [-0.3, -0.25) is 0 Å². The predicted octanol–water partition coefficient (Wildman–Crippen LogP) is 8.65. The Hall–Kier alpha value is -5.10. The van der Waals surface area contributed by atoms with Crippen LogP contribution in [0.15, 0.2) is 0 Å². The normalized spacial score (nSPS) is 11.7. The van der Waals surface area contributed by atoms with Crippen molar-refractivity contribution in [3.05, 3.63) is 116 Å². The number of hydrogen-bond acceptors (Lipinski definition) is 4. The van der Waals surface area contributed by atoms with Gasteiger partial charge in [-0.05, 0) is 0 Å².